The molecule has 0 N–H and O–H groups in total. The number of hydrogen-bond donors (Lipinski definition) is 0. The van der Waals surface area contributed by atoms with Crippen molar-refractivity contribution < 1.29 is 9.53 Å². The normalized spacial score (nSPS) is 18.7. The SMILES string of the molecule is CCN1C(=O)C(=C2Sc3ccc(OC)cc3N2CC)SC1=Nc1ccccc1-c1ccccc1. The predicted octanol–water partition coefficient (Wildman–Crippen LogP) is 6.75. The van der Waals surface area contributed by atoms with Gasteiger partial charge < -0.3 is 9.64 Å². The molecule has 0 unspecified atom stereocenters. The van der Waals surface area contributed by atoms with Crippen molar-refractivity contribution in [1.82, 2.24) is 4.90 Å². The Labute approximate surface area is 208 Å². The fourth-order valence-corrected chi connectivity index (χ4v) is 6.54. The molecule has 172 valence electrons. The van der Waals surface area contributed by atoms with Crippen LogP contribution in [0.25, 0.3) is 11.1 Å². The molecule has 0 radical (unpaired) electrons. The largest absolute Gasteiger partial charge is 0.497 e. The maximum Gasteiger partial charge on any atom is 0.269 e. The maximum absolute atomic E-state index is 13.5. The molecule has 1 amide bonds. The number of rotatable bonds is 5. The molecule has 2 aliphatic rings. The van der Waals surface area contributed by atoms with E-state index in [-0.39, 0.29) is 5.91 Å². The average molecular weight is 488 g/mol. The van der Waals surface area contributed by atoms with Crippen LogP contribution in [0.5, 0.6) is 5.75 Å². The summed E-state index contributed by atoms with van der Waals surface area (Å²) in [5.41, 5.74) is 4.08. The highest BCUT2D eigenvalue weighted by atomic mass is 32.2. The van der Waals surface area contributed by atoms with Gasteiger partial charge in [0.25, 0.3) is 5.91 Å². The summed E-state index contributed by atoms with van der Waals surface area (Å²) in [5.74, 6) is 0.813. The Balaban J connectivity index is 1.56. The van der Waals surface area contributed by atoms with Gasteiger partial charge in [0.05, 0.1) is 18.5 Å². The Morgan fingerprint density at radius 1 is 0.882 bits per heavy atom. The van der Waals surface area contributed by atoms with Crippen LogP contribution in [0.2, 0.25) is 0 Å². The third-order valence-corrected chi connectivity index (χ3v) is 8.18. The smallest absolute Gasteiger partial charge is 0.269 e. The number of amidine groups is 1. The Kier molecular flexibility index (Phi) is 6.39. The molecule has 0 aromatic heterocycles. The van der Waals surface area contributed by atoms with E-state index in [1.54, 1.807) is 23.8 Å². The Bertz CT molecular complexity index is 1300. The van der Waals surface area contributed by atoms with E-state index >= 15 is 0 Å². The van der Waals surface area contributed by atoms with Crippen LogP contribution in [0.1, 0.15) is 13.8 Å². The number of hydrogen-bond acceptors (Lipinski definition) is 6. The van der Waals surface area contributed by atoms with E-state index in [2.05, 4.69) is 36.1 Å². The van der Waals surface area contributed by atoms with Crippen LogP contribution >= 0.6 is 23.5 Å². The van der Waals surface area contributed by atoms with Crippen molar-refractivity contribution in [2.45, 2.75) is 18.7 Å². The van der Waals surface area contributed by atoms with E-state index in [1.165, 1.54) is 11.8 Å². The number of para-hydroxylation sites is 1. The van der Waals surface area contributed by atoms with E-state index in [4.69, 9.17) is 9.73 Å². The molecule has 7 heteroatoms. The molecule has 1 saturated heterocycles. The first kappa shape index (κ1) is 22.6. The number of benzene rings is 3. The quantitative estimate of drug-likeness (QED) is 0.373. The summed E-state index contributed by atoms with van der Waals surface area (Å²) in [6.07, 6.45) is 0. The molecule has 1 fully saturated rings. The summed E-state index contributed by atoms with van der Waals surface area (Å²) in [7, 11) is 1.67. The zero-order valence-corrected chi connectivity index (χ0v) is 21.0. The van der Waals surface area contributed by atoms with Crippen molar-refractivity contribution in [2.24, 2.45) is 4.99 Å². The highest BCUT2D eigenvalue weighted by molar-refractivity contribution is 8.19. The van der Waals surface area contributed by atoms with Gasteiger partial charge in [0.2, 0.25) is 0 Å². The van der Waals surface area contributed by atoms with Gasteiger partial charge in [-0.2, -0.15) is 0 Å². The monoisotopic (exact) mass is 487 g/mol. The highest BCUT2D eigenvalue weighted by Gasteiger charge is 2.39. The third kappa shape index (κ3) is 3.99. The van der Waals surface area contributed by atoms with Gasteiger partial charge in [0.1, 0.15) is 15.7 Å². The number of likely N-dealkylation sites (N-methyl/N-ethyl adjacent to an activating group) is 1. The van der Waals surface area contributed by atoms with Gasteiger partial charge in [-0.1, -0.05) is 60.3 Å². The maximum atomic E-state index is 13.5. The van der Waals surface area contributed by atoms with E-state index in [9.17, 15) is 4.79 Å². The van der Waals surface area contributed by atoms with Gasteiger partial charge in [-0.15, -0.1) is 0 Å². The minimum absolute atomic E-state index is 0.00385. The van der Waals surface area contributed by atoms with Crippen LogP contribution in [-0.2, 0) is 4.79 Å². The van der Waals surface area contributed by atoms with Crippen LogP contribution in [0.15, 0.2) is 92.6 Å². The first-order valence-electron chi connectivity index (χ1n) is 11.2. The zero-order valence-electron chi connectivity index (χ0n) is 19.3. The number of aliphatic imine (C=N–C) groups is 1. The number of thioether (sulfide) groups is 2. The molecular weight excluding hydrogens is 462 g/mol. The first-order valence-corrected chi connectivity index (χ1v) is 12.9. The summed E-state index contributed by atoms with van der Waals surface area (Å²) in [5, 5.41) is 1.67. The van der Waals surface area contributed by atoms with Crippen molar-refractivity contribution in [3.8, 4) is 16.9 Å². The number of amides is 1. The van der Waals surface area contributed by atoms with Gasteiger partial charge in [0, 0.05) is 29.6 Å². The van der Waals surface area contributed by atoms with Crippen LogP contribution in [0.3, 0.4) is 0 Å². The fraction of sp³-hybridized carbons (Fsp3) is 0.185. The zero-order chi connectivity index (χ0) is 23.7. The van der Waals surface area contributed by atoms with Gasteiger partial charge in [0.15, 0.2) is 5.17 Å². The van der Waals surface area contributed by atoms with Gasteiger partial charge in [-0.3, -0.25) is 9.69 Å². The Hall–Kier alpha value is -3.16. The fourth-order valence-electron chi connectivity index (χ4n) is 4.11. The standard InChI is InChI=1S/C27H25N3O2S2/c1-4-29-22-17-19(32-3)15-16-23(22)33-26(29)24-25(31)30(5-2)27(34-24)28-21-14-10-9-13-20(21)18-11-7-6-8-12-18/h6-17H,4-5H2,1-3H3. The Morgan fingerprint density at radius 2 is 1.62 bits per heavy atom. The molecule has 0 bridgehead atoms. The van der Waals surface area contributed by atoms with Crippen molar-refractivity contribution in [2.75, 3.05) is 25.1 Å². The van der Waals surface area contributed by atoms with Crippen molar-refractivity contribution in [3.05, 3.63) is 82.7 Å². The van der Waals surface area contributed by atoms with E-state index in [0.717, 1.165) is 49.6 Å². The number of nitrogens with zero attached hydrogens (tertiary/aromatic N) is 3. The molecule has 3 aromatic rings. The van der Waals surface area contributed by atoms with Gasteiger partial charge >= 0.3 is 0 Å². The summed E-state index contributed by atoms with van der Waals surface area (Å²) >= 11 is 3.10. The lowest BCUT2D eigenvalue weighted by atomic mass is 10.0. The van der Waals surface area contributed by atoms with Gasteiger partial charge in [-0.05, 0) is 49.4 Å². The third-order valence-electron chi connectivity index (χ3n) is 5.80. The number of carbonyl (C=O) groups excluding carboxylic acids is 1. The lowest BCUT2D eigenvalue weighted by Crippen LogP contribution is -2.29. The van der Waals surface area contributed by atoms with Crippen LogP contribution in [0.4, 0.5) is 11.4 Å². The van der Waals surface area contributed by atoms with E-state index in [1.807, 2.05) is 55.5 Å². The lowest BCUT2D eigenvalue weighted by Gasteiger charge is -2.19. The molecule has 2 aliphatic heterocycles. The number of ether oxygens (including phenoxy) is 1. The molecule has 0 saturated carbocycles. The van der Waals surface area contributed by atoms with Crippen LogP contribution in [-0.4, -0.2) is 36.2 Å². The number of anilines is 1. The van der Waals surface area contributed by atoms with Gasteiger partial charge in [-0.25, -0.2) is 4.99 Å². The summed E-state index contributed by atoms with van der Waals surface area (Å²) < 4.78 is 5.43. The number of carbonyl (C=O) groups is 1. The topological polar surface area (TPSA) is 45.1 Å². The number of fused-ring (bicyclic) bond motifs is 1. The minimum atomic E-state index is 0.00385. The average Bonchev–Trinajstić information content (AvgIpc) is 3.40. The van der Waals surface area contributed by atoms with Crippen molar-refractivity contribution >= 4 is 46.0 Å². The molecule has 5 rings (SSSR count). The molecular formula is C27H25N3O2S2. The molecule has 3 aromatic carbocycles. The lowest BCUT2D eigenvalue weighted by molar-refractivity contribution is -0.122. The van der Waals surface area contributed by atoms with Crippen LogP contribution < -0.4 is 9.64 Å². The first-order chi connectivity index (χ1) is 16.6. The molecule has 0 spiro atoms. The van der Waals surface area contributed by atoms with Crippen LogP contribution in [0, 0.1) is 0 Å². The highest BCUT2D eigenvalue weighted by Crippen LogP contribution is 2.51. The second-order valence-electron chi connectivity index (χ2n) is 7.74. The molecule has 0 atom stereocenters. The van der Waals surface area contributed by atoms with Crippen molar-refractivity contribution in [1.29, 1.82) is 0 Å². The number of methoxy groups -OCH3 is 1. The van der Waals surface area contributed by atoms with Crippen molar-refractivity contribution in [3.63, 3.8) is 0 Å². The summed E-state index contributed by atoms with van der Waals surface area (Å²) in [6.45, 7) is 5.41. The molecule has 5 nitrogen and oxygen atoms in total. The Morgan fingerprint density at radius 3 is 2.35 bits per heavy atom. The summed E-state index contributed by atoms with van der Waals surface area (Å²) in [6, 6.07) is 24.3. The molecule has 2 heterocycles. The second kappa shape index (κ2) is 9.60. The van der Waals surface area contributed by atoms with E-state index in [0.29, 0.717) is 11.7 Å². The van der Waals surface area contributed by atoms with E-state index < -0.39 is 0 Å². The molecule has 34 heavy (non-hydrogen) atoms. The predicted molar refractivity (Wildman–Crippen MR) is 143 cm³/mol. The minimum Gasteiger partial charge on any atom is -0.497 e. The molecule has 0 aliphatic carbocycles. The summed E-state index contributed by atoms with van der Waals surface area (Å²) in [4.78, 5) is 24.3. The second-order valence-corrected chi connectivity index (χ2v) is 9.75.